The number of para-hydroxylation sites is 1. The summed E-state index contributed by atoms with van der Waals surface area (Å²) < 4.78 is 35.2. The molecule has 1 heterocycles. The first kappa shape index (κ1) is 23.8. The Balaban J connectivity index is 1.24. The first-order valence-corrected chi connectivity index (χ1v) is 13.9. The summed E-state index contributed by atoms with van der Waals surface area (Å²) in [5.41, 5.74) is 2.22. The number of nitrogens with one attached hydrogen (secondary N) is 1. The molecule has 4 aromatic rings. The maximum Gasteiger partial charge on any atom is 0.264 e. The number of hydrogen-bond acceptors (Lipinski definition) is 4. The largest absolute Gasteiger partial charge is 0.483 e. The van der Waals surface area contributed by atoms with Crippen LogP contribution in [0.25, 0.3) is 10.8 Å². The number of sulfonamides is 1. The molecule has 9 heteroatoms. The Hall–Kier alpha value is -2.88. The van der Waals surface area contributed by atoms with Crippen molar-refractivity contribution in [3.8, 4) is 5.75 Å². The maximum absolute atomic E-state index is 13.1. The summed E-state index contributed by atoms with van der Waals surface area (Å²) in [5.74, 6) is 0.208. The van der Waals surface area contributed by atoms with Crippen molar-refractivity contribution in [1.29, 1.82) is 0 Å². The van der Waals surface area contributed by atoms with Crippen LogP contribution in [0, 0.1) is 0 Å². The molecule has 0 bridgehead atoms. The molecule has 6 nitrogen and oxygen atoms in total. The third-order valence-electron chi connectivity index (χ3n) is 5.81. The second-order valence-corrected chi connectivity index (χ2v) is 11.6. The molecule has 0 saturated heterocycles. The van der Waals surface area contributed by atoms with Gasteiger partial charge in [-0.3, -0.25) is 9.10 Å². The molecule has 0 fully saturated rings. The number of fused-ring (bicyclic) bond motifs is 2. The quantitative estimate of drug-likeness (QED) is 0.283. The Kier molecular flexibility index (Phi) is 6.57. The molecule has 0 saturated carbocycles. The molecule has 5 rings (SSSR count). The van der Waals surface area contributed by atoms with E-state index in [2.05, 4.69) is 37.2 Å². The number of hydrogen-bond donors (Lipinski definition) is 1. The van der Waals surface area contributed by atoms with Crippen molar-refractivity contribution >= 4 is 69.9 Å². The van der Waals surface area contributed by atoms with Crippen LogP contribution >= 0.6 is 31.9 Å². The minimum Gasteiger partial charge on any atom is -0.483 e. The van der Waals surface area contributed by atoms with E-state index in [9.17, 15) is 13.2 Å². The molecule has 0 aromatic heterocycles. The van der Waals surface area contributed by atoms with E-state index in [-0.39, 0.29) is 17.4 Å². The number of anilines is 2. The molecule has 1 N–H and O–H groups in total. The third-order valence-corrected chi connectivity index (χ3v) is 8.95. The minimum atomic E-state index is -3.68. The van der Waals surface area contributed by atoms with Gasteiger partial charge in [-0.15, -0.1) is 0 Å². The summed E-state index contributed by atoms with van der Waals surface area (Å²) >= 11 is 7.02. The van der Waals surface area contributed by atoms with Gasteiger partial charge in [0.1, 0.15) is 5.75 Å². The van der Waals surface area contributed by atoms with Crippen LogP contribution in [-0.4, -0.2) is 27.5 Å². The van der Waals surface area contributed by atoms with E-state index in [1.165, 1.54) is 16.4 Å². The van der Waals surface area contributed by atoms with Crippen LogP contribution in [0.5, 0.6) is 5.75 Å². The zero-order valence-corrected chi connectivity index (χ0v) is 22.4. The fraction of sp³-hybridized carbons (Fsp3) is 0.115. The highest BCUT2D eigenvalue weighted by Gasteiger charge is 2.30. The Bertz CT molecular complexity index is 1540. The van der Waals surface area contributed by atoms with Gasteiger partial charge >= 0.3 is 0 Å². The Morgan fingerprint density at radius 3 is 2.54 bits per heavy atom. The van der Waals surface area contributed by atoms with Gasteiger partial charge in [0.25, 0.3) is 15.9 Å². The van der Waals surface area contributed by atoms with Gasteiger partial charge in [-0.05, 0) is 87.2 Å². The average Bonchev–Trinajstić information content (AvgIpc) is 3.29. The molecule has 0 spiro atoms. The lowest BCUT2D eigenvalue weighted by molar-refractivity contribution is -0.118. The summed E-state index contributed by atoms with van der Waals surface area (Å²) in [7, 11) is -3.68. The van der Waals surface area contributed by atoms with Crippen molar-refractivity contribution in [1.82, 2.24) is 0 Å². The lowest BCUT2D eigenvalue weighted by Gasteiger charge is -2.19. The molecular weight excluding hydrogens is 596 g/mol. The number of amides is 1. The molecule has 4 aromatic carbocycles. The summed E-state index contributed by atoms with van der Waals surface area (Å²) in [6.45, 7) is 0.227. The standard InChI is InChI=1S/C26H20Br2N2O4S/c27-19-6-11-22-18(15-19)5-12-24(26(22)28)34-16-25(31)29-20-7-9-21(10-8-20)35(32,33)30-14-13-17-3-1-2-4-23(17)30/h1-12,15H,13-14,16H2,(H,29,31). The van der Waals surface area contributed by atoms with Gasteiger partial charge in [0.05, 0.1) is 15.1 Å². The van der Waals surface area contributed by atoms with Crippen molar-refractivity contribution in [2.45, 2.75) is 11.3 Å². The van der Waals surface area contributed by atoms with Crippen LogP contribution in [0.15, 0.2) is 92.7 Å². The third kappa shape index (κ3) is 4.80. The number of carbonyl (C=O) groups is 1. The lowest BCUT2D eigenvalue weighted by Crippen LogP contribution is -2.29. The predicted molar refractivity (Wildman–Crippen MR) is 145 cm³/mol. The molecule has 35 heavy (non-hydrogen) atoms. The maximum atomic E-state index is 13.1. The summed E-state index contributed by atoms with van der Waals surface area (Å²) in [6.07, 6.45) is 0.689. The van der Waals surface area contributed by atoms with E-state index in [4.69, 9.17) is 4.74 Å². The first-order valence-electron chi connectivity index (χ1n) is 10.8. The highest BCUT2D eigenvalue weighted by Crippen LogP contribution is 2.35. The molecule has 0 aliphatic carbocycles. The summed E-state index contributed by atoms with van der Waals surface area (Å²) in [4.78, 5) is 12.6. The lowest BCUT2D eigenvalue weighted by atomic mass is 10.1. The first-order chi connectivity index (χ1) is 16.8. The van der Waals surface area contributed by atoms with Gasteiger partial charge in [0.15, 0.2) is 6.61 Å². The van der Waals surface area contributed by atoms with Crippen LogP contribution in [0.1, 0.15) is 5.56 Å². The SMILES string of the molecule is O=C(COc1ccc2cc(Br)ccc2c1Br)Nc1ccc(S(=O)(=O)N2CCc3ccccc32)cc1. The predicted octanol–water partition coefficient (Wildman–Crippen LogP) is 6.13. The van der Waals surface area contributed by atoms with E-state index in [0.717, 1.165) is 31.0 Å². The Morgan fingerprint density at radius 1 is 0.971 bits per heavy atom. The number of ether oxygens (including phenoxy) is 1. The van der Waals surface area contributed by atoms with Crippen LogP contribution in [-0.2, 0) is 21.2 Å². The van der Waals surface area contributed by atoms with E-state index in [0.29, 0.717) is 24.4 Å². The number of halogens is 2. The average molecular weight is 616 g/mol. The van der Waals surface area contributed by atoms with Crippen molar-refractivity contribution in [3.63, 3.8) is 0 Å². The monoisotopic (exact) mass is 614 g/mol. The van der Waals surface area contributed by atoms with Gasteiger partial charge in [-0.25, -0.2) is 8.42 Å². The van der Waals surface area contributed by atoms with E-state index in [1.54, 1.807) is 12.1 Å². The van der Waals surface area contributed by atoms with Crippen molar-refractivity contribution < 1.29 is 17.9 Å². The number of benzene rings is 4. The Labute approximate surface area is 220 Å². The van der Waals surface area contributed by atoms with E-state index < -0.39 is 10.0 Å². The number of carbonyl (C=O) groups excluding carboxylic acids is 1. The molecule has 1 amide bonds. The van der Waals surface area contributed by atoms with Crippen LogP contribution in [0.3, 0.4) is 0 Å². The van der Waals surface area contributed by atoms with Crippen LogP contribution < -0.4 is 14.4 Å². The summed E-state index contributed by atoms with van der Waals surface area (Å²) in [6, 6.07) is 23.3. The summed E-state index contributed by atoms with van der Waals surface area (Å²) in [5, 5.41) is 4.76. The molecule has 1 aliphatic heterocycles. The second-order valence-electron chi connectivity index (χ2n) is 8.06. The fourth-order valence-electron chi connectivity index (χ4n) is 4.09. The molecule has 0 unspecified atom stereocenters. The second kappa shape index (κ2) is 9.64. The van der Waals surface area contributed by atoms with Crippen LogP contribution in [0.4, 0.5) is 11.4 Å². The van der Waals surface area contributed by atoms with Crippen molar-refractivity contribution in [2.75, 3.05) is 22.8 Å². The fourth-order valence-corrected chi connectivity index (χ4v) is 6.58. The van der Waals surface area contributed by atoms with Crippen LogP contribution in [0.2, 0.25) is 0 Å². The molecule has 1 aliphatic rings. The smallest absolute Gasteiger partial charge is 0.264 e. The highest BCUT2D eigenvalue weighted by atomic mass is 79.9. The molecule has 0 radical (unpaired) electrons. The zero-order chi connectivity index (χ0) is 24.6. The van der Waals surface area contributed by atoms with E-state index in [1.807, 2.05) is 54.6 Å². The van der Waals surface area contributed by atoms with Gasteiger partial charge in [-0.1, -0.05) is 46.3 Å². The highest BCUT2D eigenvalue weighted by molar-refractivity contribution is 9.11. The van der Waals surface area contributed by atoms with Gasteiger partial charge in [-0.2, -0.15) is 0 Å². The van der Waals surface area contributed by atoms with Gasteiger partial charge in [0.2, 0.25) is 0 Å². The molecule has 0 atom stereocenters. The topological polar surface area (TPSA) is 75.7 Å². The van der Waals surface area contributed by atoms with E-state index >= 15 is 0 Å². The molecular formula is C26H20Br2N2O4S. The van der Waals surface area contributed by atoms with Crippen molar-refractivity contribution in [3.05, 3.63) is 93.4 Å². The van der Waals surface area contributed by atoms with Gasteiger partial charge in [0, 0.05) is 16.7 Å². The van der Waals surface area contributed by atoms with Crippen molar-refractivity contribution in [2.24, 2.45) is 0 Å². The van der Waals surface area contributed by atoms with Gasteiger partial charge < -0.3 is 10.1 Å². The minimum absolute atomic E-state index is 0.176. The Morgan fingerprint density at radius 2 is 1.74 bits per heavy atom. The normalized spacial score (nSPS) is 13.0. The molecule has 178 valence electrons. The number of rotatable bonds is 6. The zero-order valence-electron chi connectivity index (χ0n) is 18.4. The number of nitrogens with zero attached hydrogens (tertiary/aromatic N) is 1.